The van der Waals surface area contributed by atoms with Gasteiger partial charge in [0.15, 0.2) is 0 Å². The monoisotopic (exact) mass is 185 g/mol. The van der Waals surface area contributed by atoms with Crippen molar-refractivity contribution in [3.8, 4) is 0 Å². The van der Waals surface area contributed by atoms with Crippen LogP contribution in [0.2, 0.25) is 0 Å². The third-order valence-electron chi connectivity index (χ3n) is 2.00. The highest BCUT2D eigenvalue weighted by Crippen LogP contribution is 1.99. The van der Waals surface area contributed by atoms with E-state index in [9.17, 15) is 9.59 Å². The molecule has 0 radical (unpaired) electrons. The highest BCUT2D eigenvalue weighted by atomic mass is 16.2. The molecule has 0 rings (SSSR count). The van der Waals surface area contributed by atoms with Crippen LogP contribution in [0.1, 0.15) is 34.1 Å². The molecule has 0 aliphatic rings. The van der Waals surface area contributed by atoms with Gasteiger partial charge in [-0.3, -0.25) is 9.59 Å². The van der Waals surface area contributed by atoms with E-state index in [1.807, 2.05) is 27.7 Å². The molecule has 1 unspecified atom stereocenters. The lowest BCUT2D eigenvalue weighted by atomic mass is 10.0. The Morgan fingerprint density at radius 3 is 2.15 bits per heavy atom. The lowest BCUT2D eigenvalue weighted by molar-refractivity contribution is -0.125. The van der Waals surface area contributed by atoms with E-state index in [0.29, 0.717) is 13.0 Å². The predicted octanol–water partition coefficient (Wildman–Crippen LogP) is 1.37. The zero-order valence-electron chi connectivity index (χ0n) is 8.89. The van der Waals surface area contributed by atoms with Crippen molar-refractivity contribution in [1.82, 2.24) is 5.32 Å². The third kappa shape index (κ3) is 4.65. The van der Waals surface area contributed by atoms with Crippen LogP contribution in [0.3, 0.4) is 0 Å². The zero-order chi connectivity index (χ0) is 10.4. The molecule has 0 bridgehead atoms. The van der Waals surface area contributed by atoms with Crippen LogP contribution in [0.25, 0.3) is 0 Å². The van der Waals surface area contributed by atoms with Gasteiger partial charge >= 0.3 is 0 Å². The first-order valence-electron chi connectivity index (χ1n) is 4.79. The summed E-state index contributed by atoms with van der Waals surface area (Å²) in [5.41, 5.74) is 0. The van der Waals surface area contributed by atoms with Gasteiger partial charge < -0.3 is 5.32 Å². The zero-order valence-corrected chi connectivity index (χ0v) is 8.89. The van der Waals surface area contributed by atoms with E-state index in [0.717, 1.165) is 0 Å². The fraction of sp³-hybridized carbons (Fsp3) is 0.800. The lowest BCUT2D eigenvalue weighted by Crippen LogP contribution is -2.33. The summed E-state index contributed by atoms with van der Waals surface area (Å²) in [6.07, 6.45) is 0.540. The van der Waals surface area contributed by atoms with Crippen LogP contribution >= 0.6 is 0 Å². The van der Waals surface area contributed by atoms with E-state index in [1.54, 1.807) is 0 Å². The van der Waals surface area contributed by atoms with Crippen molar-refractivity contribution in [2.45, 2.75) is 34.1 Å². The van der Waals surface area contributed by atoms with Gasteiger partial charge in [-0.15, -0.1) is 0 Å². The van der Waals surface area contributed by atoms with E-state index in [4.69, 9.17) is 0 Å². The van der Waals surface area contributed by atoms with Crippen LogP contribution in [0, 0.1) is 11.8 Å². The SMILES string of the molecule is CCC(=O)C(C)CNC(=O)C(C)C. The Balaban J connectivity index is 3.76. The minimum absolute atomic E-state index is 0.00996. The van der Waals surface area contributed by atoms with Crippen LogP contribution < -0.4 is 5.32 Å². The number of carbonyl (C=O) groups is 2. The summed E-state index contributed by atoms with van der Waals surface area (Å²) in [7, 11) is 0. The average Bonchev–Trinajstić information content (AvgIpc) is 2.11. The molecule has 0 aliphatic carbocycles. The largest absolute Gasteiger partial charge is 0.355 e. The molecular weight excluding hydrogens is 166 g/mol. The van der Waals surface area contributed by atoms with Crippen LogP contribution in [0.5, 0.6) is 0 Å². The first kappa shape index (κ1) is 12.1. The number of ketones is 1. The first-order chi connectivity index (χ1) is 5.99. The smallest absolute Gasteiger partial charge is 0.222 e. The summed E-state index contributed by atoms with van der Waals surface area (Å²) in [6.45, 7) is 7.81. The lowest BCUT2D eigenvalue weighted by Gasteiger charge is -2.11. The molecule has 0 aromatic carbocycles. The summed E-state index contributed by atoms with van der Waals surface area (Å²) >= 11 is 0. The number of hydrogen-bond acceptors (Lipinski definition) is 2. The molecule has 3 heteroatoms. The van der Waals surface area contributed by atoms with Gasteiger partial charge in [-0.25, -0.2) is 0 Å². The number of hydrogen-bond donors (Lipinski definition) is 1. The third-order valence-corrected chi connectivity index (χ3v) is 2.00. The van der Waals surface area contributed by atoms with Crippen molar-refractivity contribution in [1.29, 1.82) is 0 Å². The molecule has 1 atom stereocenters. The number of Topliss-reactive ketones (excluding diaryl/α,β-unsaturated/α-hetero) is 1. The number of rotatable bonds is 5. The molecule has 3 nitrogen and oxygen atoms in total. The standard InChI is InChI=1S/C10H19NO2/c1-5-9(12)8(4)6-11-10(13)7(2)3/h7-8H,5-6H2,1-4H3,(H,11,13). The van der Waals surface area contributed by atoms with Gasteiger partial charge in [0.1, 0.15) is 5.78 Å². The maximum absolute atomic E-state index is 11.1. The summed E-state index contributed by atoms with van der Waals surface area (Å²) in [5.74, 6) is 0.136. The maximum atomic E-state index is 11.1. The quantitative estimate of drug-likeness (QED) is 0.703. The fourth-order valence-corrected chi connectivity index (χ4v) is 0.920. The highest BCUT2D eigenvalue weighted by molar-refractivity contribution is 5.82. The molecule has 76 valence electrons. The van der Waals surface area contributed by atoms with Gasteiger partial charge in [-0.2, -0.15) is 0 Å². The van der Waals surface area contributed by atoms with Gasteiger partial charge in [0, 0.05) is 24.8 Å². The molecular formula is C10H19NO2. The normalized spacial score (nSPS) is 12.7. The average molecular weight is 185 g/mol. The fourth-order valence-electron chi connectivity index (χ4n) is 0.920. The Bertz CT molecular complexity index is 187. The van der Waals surface area contributed by atoms with Crippen molar-refractivity contribution in [3.63, 3.8) is 0 Å². The molecule has 0 saturated carbocycles. The molecule has 0 heterocycles. The summed E-state index contributed by atoms with van der Waals surface area (Å²) in [4.78, 5) is 22.3. The molecule has 0 aromatic heterocycles. The Morgan fingerprint density at radius 1 is 1.23 bits per heavy atom. The van der Waals surface area contributed by atoms with Crippen LogP contribution in [-0.2, 0) is 9.59 Å². The van der Waals surface area contributed by atoms with Gasteiger partial charge in [-0.1, -0.05) is 27.7 Å². The minimum Gasteiger partial charge on any atom is -0.355 e. The van der Waals surface area contributed by atoms with Crippen molar-refractivity contribution in [3.05, 3.63) is 0 Å². The molecule has 0 aliphatic heterocycles. The second-order valence-corrected chi connectivity index (χ2v) is 3.62. The van der Waals surface area contributed by atoms with Crippen molar-refractivity contribution in [2.24, 2.45) is 11.8 Å². The van der Waals surface area contributed by atoms with Gasteiger partial charge in [0.2, 0.25) is 5.91 Å². The van der Waals surface area contributed by atoms with Gasteiger partial charge in [0.05, 0.1) is 0 Å². The Morgan fingerprint density at radius 2 is 1.77 bits per heavy atom. The molecule has 1 amide bonds. The van der Waals surface area contributed by atoms with Crippen molar-refractivity contribution >= 4 is 11.7 Å². The van der Waals surface area contributed by atoms with Crippen molar-refractivity contribution in [2.75, 3.05) is 6.54 Å². The van der Waals surface area contributed by atoms with E-state index in [2.05, 4.69) is 5.32 Å². The first-order valence-corrected chi connectivity index (χ1v) is 4.79. The van der Waals surface area contributed by atoms with Gasteiger partial charge in [0.25, 0.3) is 0 Å². The maximum Gasteiger partial charge on any atom is 0.222 e. The van der Waals surface area contributed by atoms with E-state index in [1.165, 1.54) is 0 Å². The molecule has 1 N–H and O–H groups in total. The topological polar surface area (TPSA) is 46.2 Å². The summed E-state index contributed by atoms with van der Waals surface area (Å²) in [5, 5.41) is 2.74. The number of carbonyl (C=O) groups excluding carboxylic acids is 2. The Kier molecular flexibility index (Phi) is 5.35. The summed E-state index contributed by atoms with van der Waals surface area (Å²) < 4.78 is 0. The van der Waals surface area contributed by atoms with E-state index in [-0.39, 0.29) is 23.5 Å². The van der Waals surface area contributed by atoms with Crippen LogP contribution in [0.4, 0.5) is 0 Å². The number of nitrogens with one attached hydrogen (secondary N) is 1. The molecule has 0 aromatic rings. The van der Waals surface area contributed by atoms with Crippen LogP contribution in [0.15, 0.2) is 0 Å². The molecule has 13 heavy (non-hydrogen) atoms. The number of amides is 1. The summed E-state index contributed by atoms with van der Waals surface area (Å²) in [6, 6.07) is 0. The molecule has 0 spiro atoms. The molecule has 0 saturated heterocycles. The second-order valence-electron chi connectivity index (χ2n) is 3.62. The van der Waals surface area contributed by atoms with Crippen LogP contribution in [-0.4, -0.2) is 18.2 Å². The highest BCUT2D eigenvalue weighted by Gasteiger charge is 2.12. The second kappa shape index (κ2) is 5.73. The van der Waals surface area contributed by atoms with E-state index >= 15 is 0 Å². The molecule has 0 fully saturated rings. The van der Waals surface area contributed by atoms with Crippen molar-refractivity contribution < 1.29 is 9.59 Å². The Hall–Kier alpha value is -0.860. The minimum atomic E-state index is -0.0623. The van der Waals surface area contributed by atoms with Gasteiger partial charge in [-0.05, 0) is 0 Å². The predicted molar refractivity (Wildman–Crippen MR) is 52.3 cm³/mol. The Labute approximate surface area is 79.9 Å². The van der Waals surface area contributed by atoms with E-state index < -0.39 is 0 Å².